The highest BCUT2D eigenvalue weighted by atomic mass is 16.6. The molecule has 0 radical (unpaired) electrons. The summed E-state index contributed by atoms with van der Waals surface area (Å²) >= 11 is 0. The predicted octanol–water partition coefficient (Wildman–Crippen LogP) is 3.33. The number of carbonyl (C=O) groups excluding carboxylic acids is 1. The number of azide groups is 1. The fourth-order valence-electron chi connectivity index (χ4n) is 2.23. The van der Waals surface area contributed by atoms with Crippen LogP contribution in [0.1, 0.15) is 65.7 Å². The summed E-state index contributed by atoms with van der Waals surface area (Å²) in [5.74, 6) is -1.18. The Hall–Kier alpha value is -1.99. The Morgan fingerprint density at radius 1 is 1.36 bits per heavy atom. The van der Waals surface area contributed by atoms with Crippen molar-refractivity contribution < 1.29 is 19.4 Å². The lowest BCUT2D eigenvalue weighted by molar-refractivity contribution is -0.138. The smallest absolute Gasteiger partial charge is 0.407 e. The summed E-state index contributed by atoms with van der Waals surface area (Å²) in [6.07, 6.45) is 6.65. The van der Waals surface area contributed by atoms with Crippen LogP contribution in [0.2, 0.25) is 0 Å². The van der Waals surface area contributed by atoms with Gasteiger partial charge in [0.05, 0.1) is 0 Å². The molecule has 0 aromatic rings. The van der Waals surface area contributed by atoms with Crippen molar-refractivity contribution in [3.05, 3.63) is 10.4 Å². The average molecular weight is 357 g/mol. The van der Waals surface area contributed by atoms with Gasteiger partial charge in [-0.15, -0.1) is 0 Å². The maximum absolute atomic E-state index is 11.2. The fraction of sp³-hybridized carbons (Fsp3) is 0.875. The van der Waals surface area contributed by atoms with Crippen molar-refractivity contribution in [3.63, 3.8) is 0 Å². The van der Waals surface area contributed by atoms with Crippen molar-refractivity contribution in [2.75, 3.05) is 6.54 Å². The molecular formula is C16H31N5O4. The van der Waals surface area contributed by atoms with Gasteiger partial charge in [0, 0.05) is 17.5 Å². The van der Waals surface area contributed by atoms with Crippen LogP contribution in [0.25, 0.3) is 10.4 Å². The first kappa shape index (κ1) is 23.0. The Bertz CT molecular complexity index is 450. The Labute approximate surface area is 148 Å². The van der Waals surface area contributed by atoms with Gasteiger partial charge in [-0.25, -0.2) is 4.79 Å². The maximum Gasteiger partial charge on any atom is 0.407 e. The summed E-state index contributed by atoms with van der Waals surface area (Å²) in [7, 11) is 0. The summed E-state index contributed by atoms with van der Waals surface area (Å²) in [5, 5.41) is 14.3. The van der Waals surface area contributed by atoms with Gasteiger partial charge < -0.3 is 20.9 Å². The zero-order valence-electron chi connectivity index (χ0n) is 15.4. The summed E-state index contributed by atoms with van der Waals surface area (Å²) < 4.78 is 4.99. The van der Waals surface area contributed by atoms with E-state index in [0.717, 1.165) is 0 Å². The molecule has 1 aliphatic rings. The number of nitrogens with zero attached hydrogens (tertiary/aromatic N) is 3. The minimum Gasteiger partial charge on any atom is -0.481 e. The van der Waals surface area contributed by atoms with Crippen LogP contribution in [0, 0.1) is 0 Å². The van der Waals surface area contributed by atoms with Crippen LogP contribution in [0.15, 0.2) is 5.11 Å². The first-order valence-electron chi connectivity index (χ1n) is 8.65. The molecule has 1 amide bonds. The topological polar surface area (TPSA) is 150 Å². The highest BCUT2D eigenvalue weighted by molar-refractivity contribution is 5.73. The Morgan fingerprint density at radius 3 is 2.36 bits per heavy atom. The summed E-state index contributed by atoms with van der Waals surface area (Å²) in [6, 6.07) is -0.566. The van der Waals surface area contributed by atoms with Crippen molar-refractivity contribution in [3.8, 4) is 0 Å². The largest absolute Gasteiger partial charge is 0.481 e. The minimum absolute atomic E-state index is 0.162. The van der Waals surface area contributed by atoms with Crippen molar-refractivity contribution in [2.24, 2.45) is 10.8 Å². The van der Waals surface area contributed by atoms with Gasteiger partial charge in [0.1, 0.15) is 11.6 Å². The molecule has 25 heavy (non-hydrogen) atoms. The van der Waals surface area contributed by atoms with Crippen molar-refractivity contribution >= 4 is 12.1 Å². The molecule has 144 valence electrons. The second-order valence-corrected chi connectivity index (χ2v) is 7.03. The van der Waals surface area contributed by atoms with Crippen LogP contribution in [0.3, 0.4) is 0 Å². The van der Waals surface area contributed by atoms with E-state index in [-0.39, 0.29) is 13.0 Å². The van der Waals surface area contributed by atoms with Crippen LogP contribution in [-0.4, -0.2) is 41.4 Å². The second kappa shape index (κ2) is 12.4. The molecule has 0 aromatic heterocycles. The first-order valence-corrected chi connectivity index (χ1v) is 8.65. The van der Waals surface area contributed by atoms with Crippen LogP contribution in [0.4, 0.5) is 4.79 Å². The highest BCUT2D eigenvalue weighted by Crippen LogP contribution is 2.14. The van der Waals surface area contributed by atoms with Crippen molar-refractivity contribution in [2.45, 2.75) is 83.4 Å². The summed E-state index contributed by atoms with van der Waals surface area (Å²) in [5.41, 5.74) is 13.2. The third kappa shape index (κ3) is 14.1. The number of hydrogen-bond acceptors (Lipinski definition) is 5. The first-order chi connectivity index (χ1) is 11.7. The van der Waals surface area contributed by atoms with Crippen LogP contribution in [-0.2, 0) is 9.53 Å². The number of ether oxygens (including phenoxy) is 1. The Kier molecular flexibility index (Phi) is 11.4. The second-order valence-electron chi connectivity index (χ2n) is 7.03. The summed E-state index contributed by atoms with van der Waals surface area (Å²) in [6.45, 7) is 5.50. The van der Waals surface area contributed by atoms with E-state index in [1.54, 1.807) is 20.8 Å². The van der Waals surface area contributed by atoms with Gasteiger partial charge in [0.15, 0.2) is 0 Å². The lowest BCUT2D eigenvalue weighted by Gasteiger charge is -2.19. The molecule has 0 aliphatic heterocycles. The number of aliphatic carboxylic acids is 1. The molecule has 0 spiro atoms. The number of amides is 1. The Balaban J connectivity index is 0.000000676. The zero-order chi connectivity index (χ0) is 19.3. The molecule has 9 heteroatoms. The third-order valence-corrected chi connectivity index (χ3v) is 3.45. The molecule has 1 rings (SSSR count). The van der Waals surface area contributed by atoms with Crippen LogP contribution < -0.4 is 11.1 Å². The van der Waals surface area contributed by atoms with E-state index in [2.05, 4.69) is 15.3 Å². The molecular weight excluding hydrogens is 326 g/mol. The summed E-state index contributed by atoms with van der Waals surface area (Å²) in [4.78, 5) is 24.3. The number of hydrogen-bond donors (Lipinski definition) is 3. The maximum atomic E-state index is 11.2. The quantitative estimate of drug-likeness (QED) is 0.288. The molecule has 0 saturated heterocycles. The standard InChI is InChI=1S/C10H18N4O4.C6H13N/c1-10(2,3)18-9(17)12-6-4-5-7(8(15)16)13-14-11;7-6-4-2-1-3-5-6/h7H,4-6H2,1-3H3,(H,12,17)(H,15,16);6H,1-5,7H2/t7-;/m1./s1. The molecule has 1 fully saturated rings. The highest BCUT2D eigenvalue weighted by Gasteiger charge is 2.17. The van der Waals surface area contributed by atoms with Gasteiger partial charge in [-0.2, -0.15) is 0 Å². The SMILES string of the molecule is CC(C)(C)OC(=O)NCCC[C@@H](N=[N+]=[N-])C(=O)O.NC1CCCCC1. The molecule has 0 aromatic carbocycles. The number of rotatable bonds is 6. The molecule has 0 bridgehead atoms. The predicted molar refractivity (Wildman–Crippen MR) is 95.1 cm³/mol. The van der Waals surface area contributed by atoms with Gasteiger partial charge in [-0.05, 0) is 52.0 Å². The third-order valence-electron chi connectivity index (χ3n) is 3.45. The molecule has 0 heterocycles. The van der Waals surface area contributed by atoms with Crippen molar-refractivity contribution in [1.82, 2.24) is 5.32 Å². The fourth-order valence-corrected chi connectivity index (χ4v) is 2.23. The lowest BCUT2D eigenvalue weighted by atomic mass is 9.97. The van der Waals surface area contributed by atoms with Crippen LogP contribution in [0.5, 0.6) is 0 Å². The minimum atomic E-state index is -1.18. The van der Waals surface area contributed by atoms with Crippen molar-refractivity contribution in [1.29, 1.82) is 0 Å². The average Bonchev–Trinajstić information content (AvgIpc) is 2.50. The van der Waals surface area contributed by atoms with E-state index < -0.39 is 23.7 Å². The zero-order valence-corrected chi connectivity index (χ0v) is 15.4. The van der Waals surface area contributed by atoms with Gasteiger partial charge in [-0.3, -0.25) is 4.79 Å². The number of carboxylic acid groups (broad SMARTS) is 1. The number of nitrogens with two attached hydrogens (primary N) is 1. The van der Waals surface area contributed by atoms with Gasteiger partial charge >= 0.3 is 12.1 Å². The van der Waals surface area contributed by atoms with E-state index in [0.29, 0.717) is 12.5 Å². The van der Waals surface area contributed by atoms with E-state index >= 15 is 0 Å². The molecule has 0 unspecified atom stereocenters. The Morgan fingerprint density at radius 2 is 1.96 bits per heavy atom. The van der Waals surface area contributed by atoms with Gasteiger partial charge in [-0.1, -0.05) is 24.4 Å². The normalized spacial score (nSPS) is 15.8. The molecule has 1 saturated carbocycles. The molecule has 4 N–H and O–H groups in total. The molecule has 1 atom stereocenters. The molecule has 9 nitrogen and oxygen atoms in total. The monoisotopic (exact) mass is 357 g/mol. The van der Waals surface area contributed by atoms with E-state index in [9.17, 15) is 9.59 Å². The van der Waals surface area contributed by atoms with Gasteiger partial charge in [0.2, 0.25) is 0 Å². The van der Waals surface area contributed by atoms with E-state index in [1.165, 1.54) is 32.1 Å². The number of alkyl carbamates (subject to hydrolysis) is 1. The number of carboxylic acids is 1. The van der Waals surface area contributed by atoms with Gasteiger partial charge in [0.25, 0.3) is 0 Å². The van der Waals surface area contributed by atoms with Crippen LogP contribution >= 0.6 is 0 Å². The number of carbonyl (C=O) groups is 2. The van der Waals surface area contributed by atoms with E-state index in [4.69, 9.17) is 21.1 Å². The van der Waals surface area contributed by atoms with E-state index in [1.807, 2.05) is 0 Å². The lowest BCUT2D eigenvalue weighted by Crippen LogP contribution is -2.33. The molecule has 1 aliphatic carbocycles. The number of nitrogens with one attached hydrogen (secondary N) is 1.